The zero-order chi connectivity index (χ0) is 30.6. The van der Waals surface area contributed by atoms with E-state index < -0.39 is 6.04 Å². The third-order valence-corrected chi connectivity index (χ3v) is 8.62. The summed E-state index contributed by atoms with van der Waals surface area (Å²) in [7, 11) is 0. The van der Waals surface area contributed by atoms with Gasteiger partial charge in [-0.25, -0.2) is 4.68 Å². The summed E-state index contributed by atoms with van der Waals surface area (Å²) in [4.78, 5) is 18.7. The number of aryl methyl sites for hydroxylation is 2. The number of nitrogens with one attached hydrogen (secondary N) is 2. The summed E-state index contributed by atoms with van der Waals surface area (Å²) < 4.78 is 7.98. The molecule has 0 spiro atoms. The minimum absolute atomic E-state index is 0.219. The second-order valence-electron chi connectivity index (χ2n) is 10.8. The third kappa shape index (κ3) is 6.67. The summed E-state index contributed by atoms with van der Waals surface area (Å²) in [5, 5.41) is 12.6. The van der Waals surface area contributed by atoms with E-state index in [-0.39, 0.29) is 5.91 Å². The average Bonchev–Trinajstić information content (AvgIpc) is 3.42. The van der Waals surface area contributed by atoms with Crippen LogP contribution in [0.1, 0.15) is 40.8 Å². The molecule has 1 atom stereocenters. The summed E-state index contributed by atoms with van der Waals surface area (Å²) in [6.45, 7) is 6.39. The van der Waals surface area contributed by atoms with Gasteiger partial charge in [0.05, 0.1) is 5.57 Å². The van der Waals surface area contributed by atoms with Crippen molar-refractivity contribution in [3.05, 3.63) is 141 Å². The predicted octanol–water partition coefficient (Wildman–Crippen LogP) is 8.35. The standard InChI is InChI=1S/C35H32ClN5O2S/c1-22-14-16-25(17-15-22)20-43-29-12-7-10-26(19-29)32-31(33(42)38-28-11-6-8-23(2)18-28)24(3)37-34-39-35(40-41(32)34)44-21-27-9-4-5-13-30(27)36/h4-19,32H,20-21H2,1-3H3,(H,38,42)(H,37,39,40). The van der Waals surface area contributed by atoms with E-state index in [1.165, 1.54) is 17.3 Å². The Morgan fingerprint density at radius 1 is 0.955 bits per heavy atom. The van der Waals surface area contributed by atoms with Gasteiger partial charge in [-0.15, -0.1) is 5.10 Å². The molecule has 0 aliphatic carbocycles. The molecule has 1 amide bonds. The Kier molecular flexibility index (Phi) is 8.72. The highest BCUT2D eigenvalue weighted by Gasteiger charge is 2.34. The molecule has 1 aliphatic heterocycles. The van der Waals surface area contributed by atoms with Crippen molar-refractivity contribution in [3.8, 4) is 5.75 Å². The molecule has 1 aliphatic rings. The molecule has 0 saturated carbocycles. The van der Waals surface area contributed by atoms with Gasteiger partial charge in [0.15, 0.2) is 0 Å². The summed E-state index contributed by atoms with van der Waals surface area (Å²) >= 11 is 7.89. The van der Waals surface area contributed by atoms with E-state index in [0.717, 1.165) is 27.9 Å². The summed E-state index contributed by atoms with van der Waals surface area (Å²) in [6.07, 6.45) is 0. The number of carbonyl (C=O) groups is 1. The van der Waals surface area contributed by atoms with E-state index in [4.69, 9.17) is 26.4 Å². The lowest BCUT2D eigenvalue weighted by Gasteiger charge is -2.29. The Labute approximate surface area is 266 Å². The Hall–Kier alpha value is -4.53. The maximum atomic E-state index is 13.9. The van der Waals surface area contributed by atoms with E-state index in [9.17, 15) is 4.79 Å². The van der Waals surface area contributed by atoms with Gasteiger partial charge < -0.3 is 15.4 Å². The molecule has 7 nitrogen and oxygen atoms in total. The summed E-state index contributed by atoms with van der Waals surface area (Å²) in [6, 6.07) is 31.1. The van der Waals surface area contributed by atoms with Crippen molar-refractivity contribution in [1.29, 1.82) is 0 Å². The van der Waals surface area contributed by atoms with Gasteiger partial charge in [-0.05, 0) is 73.4 Å². The lowest BCUT2D eigenvalue weighted by molar-refractivity contribution is -0.113. The van der Waals surface area contributed by atoms with Crippen LogP contribution in [0.3, 0.4) is 0 Å². The van der Waals surface area contributed by atoms with Crippen LogP contribution in [0.5, 0.6) is 5.75 Å². The van der Waals surface area contributed by atoms with Gasteiger partial charge in [-0.1, -0.05) is 95.7 Å². The molecule has 5 aromatic rings. The first-order valence-electron chi connectivity index (χ1n) is 14.3. The van der Waals surface area contributed by atoms with Crippen molar-refractivity contribution in [2.24, 2.45) is 0 Å². The number of amides is 1. The molecule has 1 aromatic heterocycles. The zero-order valence-corrected chi connectivity index (χ0v) is 26.2. The molecule has 0 radical (unpaired) electrons. The molecule has 44 heavy (non-hydrogen) atoms. The Morgan fingerprint density at radius 3 is 2.55 bits per heavy atom. The molecular formula is C35H32ClN5O2S. The number of aromatic nitrogens is 3. The number of hydrogen-bond donors (Lipinski definition) is 2. The van der Waals surface area contributed by atoms with Crippen molar-refractivity contribution in [2.45, 2.75) is 44.3 Å². The smallest absolute Gasteiger partial charge is 0.255 e. The molecule has 4 aromatic carbocycles. The number of halogens is 1. The van der Waals surface area contributed by atoms with E-state index in [2.05, 4.69) is 41.8 Å². The number of benzene rings is 4. The molecule has 1 unspecified atom stereocenters. The van der Waals surface area contributed by atoms with E-state index in [1.54, 1.807) is 4.68 Å². The van der Waals surface area contributed by atoms with E-state index in [1.807, 2.05) is 86.6 Å². The Bertz CT molecular complexity index is 1850. The van der Waals surface area contributed by atoms with Crippen molar-refractivity contribution < 1.29 is 9.53 Å². The van der Waals surface area contributed by atoms with Crippen LogP contribution >= 0.6 is 23.4 Å². The molecule has 2 heterocycles. The first kappa shape index (κ1) is 29.5. The van der Waals surface area contributed by atoms with Crippen molar-refractivity contribution in [3.63, 3.8) is 0 Å². The number of allylic oxidation sites excluding steroid dienone is 1. The minimum atomic E-state index is -0.541. The Balaban J connectivity index is 1.33. The fourth-order valence-corrected chi connectivity index (χ4v) is 6.21. The normalized spacial score (nSPS) is 14.1. The fraction of sp³-hybridized carbons (Fsp3) is 0.171. The highest BCUT2D eigenvalue weighted by atomic mass is 35.5. The van der Waals surface area contributed by atoms with Crippen LogP contribution < -0.4 is 15.4 Å². The van der Waals surface area contributed by atoms with Crippen LogP contribution in [0.2, 0.25) is 5.02 Å². The first-order valence-corrected chi connectivity index (χ1v) is 15.7. The number of hydrogen-bond acceptors (Lipinski definition) is 6. The van der Waals surface area contributed by atoms with Gasteiger partial charge >= 0.3 is 0 Å². The zero-order valence-electron chi connectivity index (χ0n) is 24.7. The monoisotopic (exact) mass is 621 g/mol. The topological polar surface area (TPSA) is 81.1 Å². The van der Waals surface area contributed by atoms with Crippen molar-refractivity contribution in [2.75, 3.05) is 10.6 Å². The van der Waals surface area contributed by atoms with Gasteiger partial charge in [0, 0.05) is 22.2 Å². The lowest BCUT2D eigenvalue weighted by Crippen LogP contribution is -2.31. The average molecular weight is 622 g/mol. The van der Waals surface area contributed by atoms with Crippen LogP contribution in [0, 0.1) is 13.8 Å². The van der Waals surface area contributed by atoms with Gasteiger partial charge in [0.2, 0.25) is 11.1 Å². The van der Waals surface area contributed by atoms with Gasteiger partial charge in [0.1, 0.15) is 18.4 Å². The first-order chi connectivity index (χ1) is 21.3. The molecule has 222 valence electrons. The number of carbonyl (C=O) groups excluding carboxylic acids is 1. The van der Waals surface area contributed by atoms with Crippen molar-refractivity contribution in [1.82, 2.24) is 14.8 Å². The second kappa shape index (κ2) is 13.0. The highest BCUT2D eigenvalue weighted by molar-refractivity contribution is 7.98. The van der Waals surface area contributed by atoms with Gasteiger partial charge in [0.25, 0.3) is 5.91 Å². The Morgan fingerprint density at radius 2 is 1.75 bits per heavy atom. The molecular weight excluding hydrogens is 590 g/mol. The maximum absolute atomic E-state index is 13.9. The maximum Gasteiger partial charge on any atom is 0.255 e. The number of fused-ring (bicyclic) bond motifs is 1. The fourth-order valence-electron chi connectivity index (χ4n) is 5.10. The van der Waals surface area contributed by atoms with Crippen LogP contribution in [-0.4, -0.2) is 20.7 Å². The molecule has 2 N–H and O–H groups in total. The van der Waals surface area contributed by atoms with Crippen molar-refractivity contribution >= 4 is 40.9 Å². The summed E-state index contributed by atoms with van der Waals surface area (Å²) in [5.41, 5.74) is 7.17. The highest BCUT2D eigenvalue weighted by Crippen LogP contribution is 2.38. The molecule has 6 rings (SSSR count). The molecule has 0 saturated heterocycles. The van der Waals surface area contributed by atoms with Gasteiger partial charge in [-0.2, -0.15) is 4.98 Å². The minimum Gasteiger partial charge on any atom is -0.489 e. The predicted molar refractivity (Wildman–Crippen MR) is 177 cm³/mol. The molecule has 0 fully saturated rings. The SMILES string of the molecule is CC1=C(C(=O)Nc2cccc(C)c2)C(c2cccc(OCc3ccc(C)cc3)c2)n2nc(SCc3ccccc3Cl)nc2N1. The van der Waals surface area contributed by atoms with Crippen LogP contribution in [0.15, 0.2) is 113 Å². The number of nitrogens with zero attached hydrogens (tertiary/aromatic N) is 3. The molecule has 0 bridgehead atoms. The number of rotatable bonds is 9. The number of anilines is 2. The second-order valence-corrected chi connectivity index (χ2v) is 12.1. The van der Waals surface area contributed by atoms with E-state index in [0.29, 0.717) is 45.5 Å². The third-order valence-electron chi connectivity index (χ3n) is 7.37. The van der Waals surface area contributed by atoms with E-state index >= 15 is 0 Å². The number of ether oxygens (including phenoxy) is 1. The number of thioether (sulfide) groups is 1. The summed E-state index contributed by atoms with van der Waals surface area (Å²) in [5.74, 6) is 1.66. The van der Waals surface area contributed by atoms with Gasteiger partial charge in [-0.3, -0.25) is 4.79 Å². The largest absolute Gasteiger partial charge is 0.489 e. The quantitative estimate of drug-likeness (QED) is 0.161. The van der Waals surface area contributed by atoms with Crippen LogP contribution in [-0.2, 0) is 17.2 Å². The lowest BCUT2D eigenvalue weighted by atomic mass is 9.94. The van der Waals surface area contributed by atoms with Crippen LogP contribution in [0.25, 0.3) is 0 Å². The molecule has 9 heteroatoms. The van der Waals surface area contributed by atoms with Crippen LogP contribution in [0.4, 0.5) is 11.6 Å².